The monoisotopic (exact) mass is 477 g/mol. The van der Waals surface area contributed by atoms with Crippen molar-refractivity contribution in [2.24, 2.45) is 5.92 Å². The van der Waals surface area contributed by atoms with Crippen LogP contribution in [0, 0.1) is 5.92 Å². The molecule has 4 rings (SSSR count). The number of anilines is 1. The van der Waals surface area contributed by atoms with Crippen LogP contribution in [0.25, 0.3) is 5.69 Å². The number of nitrogens with one attached hydrogen (secondary N) is 1. The van der Waals surface area contributed by atoms with E-state index in [0.717, 1.165) is 25.1 Å². The minimum Gasteiger partial charge on any atom is -0.368 e. The molecule has 0 bridgehead atoms. The van der Waals surface area contributed by atoms with Crippen molar-refractivity contribution in [3.63, 3.8) is 0 Å². The molecule has 0 spiro atoms. The third-order valence-electron chi connectivity index (χ3n) is 5.90. The van der Waals surface area contributed by atoms with Crippen LogP contribution in [-0.2, 0) is 6.18 Å². The second-order valence-electron chi connectivity index (χ2n) is 8.11. The molecule has 33 heavy (non-hydrogen) atoms. The number of hydrogen-bond donors (Lipinski definition) is 1. The number of nitrogens with zero attached hydrogens (tertiary/aromatic N) is 4. The zero-order valence-electron chi connectivity index (χ0n) is 17.9. The van der Waals surface area contributed by atoms with Gasteiger partial charge in [-0.15, -0.1) is 0 Å². The number of aromatic nitrogens is 3. The summed E-state index contributed by atoms with van der Waals surface area (Å²) in [7, 11) is 0. The first-order valence-electron chi connectivity index (χ1n) is 10.6. The second kappa shape index (κ2) is 9.43. The second-order valence-corrected chi connectivity index (χ2v) is 8.54. The van der Waals surface area contributed by atoms with Gasteiger partial charge in [-0.1, -0.05) is 18.5 Å². The molecule has 1 N–H and O–H groups in total. The van der Waals surface area contributed by atoms with Crippen LogP contribution in [0.3, 0.4) is 0 Å². The van der Waals surface area contributed by atoms with Crippen LogP contribution in [0.4, 0.5) is 19.0 Å². The minimum atomic E-state index is -4.43. The van der Waals surface area contributed by atoms with Crippen LogP contribution in [0.5, 0.6) is 0 Å². The van der Waals surface area contributed by atoms with Crippen molar-refractivity contribution in [3.05, 3.63) is 71.1 Å². The molecule has 1 aromatic carbocycles. The van der Waals surface area contributed by atoms with Gasteiger partial charge in [-0.2, -0.15) is 18.3 Å². The summed E-state index contributed by atoms with van der Waals surface area (Å²) in [5.41, 5.74) is 0.268. The molecule has 2 aromatic heterocycles. The Balaban J connectivity index is 1.55. The Morgan fingerprint density at radius 2 is 2.09 bits per heavy atom. The summed E-state index contributed by atoms with van der Waals surface area (Å²) in [6.07, 6.45) is 1.56. The molecule has 3 heterocycles. The molecule has 1 fully saturated rings. The first kappa shape index (κ1) is 23.1. The van der Waals surface area contributed by atoms with E-state index in [4.69, 9.17) is 11.6 Å². The summed E-state index contributed by atoms with van der Waals surface area (Å²) in [4.78, 5) is 19.3. The van der Waals surface area contributed by atoms with Crippen molar-refractivity contribution in [2.45, 2.75) is 32.0 Å². The van der Waals surface area contributed by atoms with Gasteiger partial charge in [0.2, 0.25) is 0 Å². The Hall–Kier alpha value is -3.07. The summed E-state index contributed by atoms with van der Waals surface area (Å²) in [6, 6.07) is 9.01. The van der Waals surface area contributed by atoms with Crippen molar-refractivity contribution in [1.82, 2.24) is 19.7 Å². The largest absolute Gasteiger partial charge is 0.417 e. The molecule has 2 atom stereocenters. The number of carbonyl (C=O) groups is 1. The first-order valence-corrected chi connectivity index (χ1v) is 11.0. The number of halogens is 4. The van der Waals surface area contributed by atoms with E-state index in [1.54, 1.807) is 41.3 Å². The van der Waals surface area contributed by atoms with Gasteiger partial charge in [-0.3, -0.25) is 4.79 Å². The molecule has 10 heteroatoms. The lowest BCUT2D eigenvalue weighted by Gasteiger charge is -2.40. The molecule has 2 unspecified atom stereocenters. The fraction of sp³-hybridized carbons (Fsp3) is 0.348. The van der Waals surface area contributed by atoms with Crippen molar-refractivity contribution >= 4 is 23.3 Å². The van der Waals surface area contributed by atoms with Crippen LogP contribution < -0.4 is 5.32 Å². The molecule has 0 aliphatic carbocycles. The van der Waals surface area contributed by atoms with Crippen LogP contribution in [0.2, 0.25) is 5.02 Å². The number of rotatable bonds is 5. The van der Waals surface area contributed by atoms with Gasteiger partial charge in [0.1, 0.15) is 5.82 Å². The highest BCUT2D eigenvalue weighted by Gasteiger charge is 2.34. The molecule has 174 valence electrons. The Bertz CT molecular complexity index is 1100. The third kappa shape index (κ3) is 5.13. The number of piperidine rings is 1. The average Bonchev–Trinajstić information content (AvgIpc) is 3.32. The lowest BCUT2D eigenvalue weighted by atomic mass is 9.90. The number of benzene rings is 1. The number of carbonyl (C=O) groups excluding carboxylic acids is 1. The SMILES string of the molecule is CC1CCCN(C(=O)c2cc(Cl)ccc2-n2cccn2)C1CNc1ccc(C(F)(F)F)cn1. The molecule has 1 aliphatic rings. The van der Waals surface area contributed by atoms with Gasteiger partial charge < -0.3 is 10.2 Å². The van der Waals surface area contributed by atoms with E-state index in [1.807, 2.05) is 4.90 Å². The van der Waals surface area contributed by atoms with Gasteiger partial charge in [0, 0.05) is 36.7 Å². The Kier molecular flexibility index (Phi) is 6.60. The molecule has 1 amide bonds. The van der Waals surface area contributed by atoms with Crippen molar-refractivity contribution < 1.29 is 18.0 Å². The quantitative estimate of drug-likeness (QED) is 0.542. The van der Waals surface area contributed by atoms with Gasteiger partial charge >= 0.3 is 6.18 Å². The maximum atomic E-state index is 13.6. The highest BCUT2D eigenvalue weighted by atomic mass is 35.5. The smallest absolute Gasteiger partial charge is 0.368 e. The van der Waals surface area contributed by atoms with E-state index in [1.165, 1.54) is 6.07 Å². The summed E-state index contributed by atoms with van der Waals surface area (Å²) in [6.45, 7) is 3.00. The van der Waals surface area contributed by atoms with E-state index < -0.39 is 11.7 Å². The van der Waals surface area contributed by atoms with Gasteiger partial charge in [0.15, 0.2) is 0 Å². The summed E-state index contributed by atoms with van der Waals surface area (Å²) < 4.78 is 40.0. The van der Waals surface area contributed by atoms with Crippen molar-refractivity contribution in [3.8, 4) is 5.69 Å². The highest BCUT2D eigenvalue weighted by Crippen LogP contribution is 2.30. The lowest BCUT2D eigenvalue weighted by Crippen LogP contribution is -2.51. The number of likely N-dealkylation sites (tertiary alicyclic amines) is 1. The molecule has 3 aromatic rings. The van der Waals surface area contributed by atoms with Gasteiger partial charge in [0.25, 0.3) is 5.91 Å². The first-order chi connectivity index (χ1) is 15.7. The molecule has 6 nitrogen and oxygen atoms in total. The summed E-state index contributed by atoms with van der Waals surface area (Å²) in [5.74, 6) is 0.354. The van der Waals surface area contributed by atoms with Gasteiger partial charge in [-0.25, -0.2) is 9.67 Å². The number of pyridine rings is 1. The Morgan fingerprint density at radius 1 is 1.27 bits per heavy atom. The van der Waals surface area contributed by atoms with Crippen LogP contribution in [0.15, 0.2) is 55.0 Å². The van der Waals surface area contributed by atoms with E-state index in [-0.39, 0.29) is 17.9 Å². The summed E-state index contributed by atoms with van der Waals surface area (Å²) >= 11 is 6.21. The number of hydrogen-bond acceptors (Lipinski definition) is 4. The lowest BCUT2D eigenvalue weighted by molar-refractivity contribution is -0.137. The molecule has 0 radical (unpaired) electrons. The van der Waals surface area contributed by atoms with Crippen molar-refractivity contribution in [1.29, 1.82) is 0 Å². The van der Waals surface area contributed by atoms with E-state index in [9.17, 15) is 18.0 Å². The predicted octanol–water partition coefficient (Wildman–Crippen LogP) is 5.29. The number of alkyl halides is 3. The maximum Gasteiger partial charge on any atom is 0.417 e. The average molecular weight is 478 g/mol. The third-order valence-corrected chi connectivity index (χ3v) is 6.13. The Labute approximate surface area is 194 Å². The normalized spacial score (nSPS) is 18.9. The van der Waals surface area contributed by atoms with E-state index in [2.05, 4.69) is 22.3 Å². The highest BCUT2D eigenvalue weighted by molar-refractivity contribution is 6.31. The Morgan fingerprint density at radius 3 is 2.76 bits per heavy atom. The fourth-order valence-electron chi connectivity index (χ4n) is 4.13. The fourth-order valence-corrected chi connectivity index (χ4v) is 4.31. The molecular weight excluding hydrogens is 455 g/mol. The van der Waals surface area contributed by atoms with Crippen molar-refractivity contribution in [2.75, 3.05) is 18.4 Å². The topological polar surface area (TPSA) is 63.1 Å². The van der Waals surface area contributed by atoms with E-state index >= 15 is 0 Å². The molecule has 0 saturated carbocycles. The van der Waals surface area contributed by atoms with Gasteiger partial charge in [-0.05, 0) is 55.2 Å². The minimum absolute atomic E-state index is 0.165. The summed E-state index contributed by atoms with van der Waals surface area (Å²) in [5, 5.41) is 7.79. The molecular formula is C23H23ClF3N5O. The number of amides is 1. The standard InChI is InChI=1S/C23H23ClF3N5O/c1-15-4-2-10-31(20(15)14-29-21-8-5-16(13-28-21)23(25,26)27)22(33)18-12-17(24)6-7-19(18)32-11-3-9-30-32/h3,5-9,11-13,15,20H,2,4,10,14H2,1H3,(H,28,29). The molecule has 1 saturated heterocycles. The van der Waals surface area contributed by atoms with Crippen LogP contribution in [0.1, 0.15) is 35.7 Å². The maximum absolute atomic E-state index is 13.6. The van der Waals surface area contributed by atoms with E-state index in [0.29, 0.717) is 35.2 Å². The predicted molar refractivity (Wildman–Crippen MR) is 120 cm³/mol. The van der Waals surface area contributed by atoms with Gasteiger partial charge in [0.05, 0.1) is 22.9 Å². The zero-order chi connectivity index (χ0) is 23.6. The molecule has 1 aliphatic heterocycles. The van der Waals surface area contributed by atoms with Crippen LogP contribution in [-0.4, -0.2) is 44.7 Å². The van der Waals surface area contributed by atoms with Crippen LogP contribution >= 0.6 is 11.6 Å². The zero-order valence-corrected chi connectivity index (χ0v) is 18.6.